The molecule has 38 heavy (non-hydrogen) atoms. The summed E-state index contributed by atoms with van der Waals surface area (Å²) in [5.41, 5.74) is 1.47. The molecule has 1 heterocycles. The van der Waals surface area contributed by atoms with Crippen LogP contribution in [0.25, 0.3) is 16.5 Å². The Balaban J connectivity index is 1.74. The van der Waals surface area contributed by atoms with Crippen molar-refractivity contribution in [2.24, 2.45) is 0 Å². The van der Waals surface area contributed by atoms with Crippen LogP contribution in [0.3, 0.4) is 0 Å². The molecule has 0 bridgehead atoms. The molecule has 0 radical (unpaired) electrons. The smallest absolute Gasteiger partial charge is 0.300 e. The van der Waals surface area contributed by atoms with Crippen LogP contribution >= 0.6 is 0 Å². The molecule has 1 fully saturated rings. The molecule has 4 aromatic rings. The molecule has 7 nitrogen and oxygen atoms in total. The summed E-state index contributed by atoms with van der Waals surface area (Å²) in [6.45, 7) is 2.25. The Hall–Kier alpha value is -4.78. The number of fused-ring (bicyclic) bond motifs is 1. The van der Waals surface area contributed by atoms with Crippen molar-refractivity contribution in [3.63, 3.8) is 0 Å². The fourth-order valence-electron chi connectivity index (χ4n) is 4.80. The zero-order valence-electron chi connectivity index (χ0n) is 21.3. The summed E-state index contributed by atoms with van der Waals surface area (Å²) in [6, 6.07) is 24.4. The Labute approximate surface area is 220 Å². The van der Waals surface area contributed by atoms with Crippen LogP contribution in [0, 0.1) is 0 Å². The van der Waals surface area contributed by atoms with Gasteiger partial charge in [0, 0.05) is 17.3 Å². The molecule has 1 saturated heterocycles. The van der Waals surface area contributed by atoms with E-state index in [2.05, 4.69) is 0 Å². The van der Waals surface area contributed by atoms with E-state index in [1.165, 1.54) is 12.0 Å². The molecule has 4 aromatic carbocycles. The van der Waals surface area contributed by atoms with Crippen molar-refractivity contribution in [3.05, 3.63) is 102 Å². The zero-order chi connectivity index (χ0) is 26.8. The number of benzene rings is 4. The first-order valence-electron chi connectivity index (χ1n) is 12.2. The highest BCUT2D eigenvalue weighted by molar-refractivity contribution is 6.51. The minimum Gasteiger partial charge on any atom is -0.507 e. The van der Waals surface area contributed by atoms with Gasteiger partial charge in [0.15, 0.2) is 11.5 Å². The van der Waals surface area contributed by atoms with Gasteiger partial charge in [-0.2, -0.15) is 0 Å². The lowest BCUT2D eigenvalue weighted by molar-refractivity contribution is -0.132. The first kappa shape index (κ1) is 24.9. The number of hydrogen-bond acceptors (Lipinski definition) is 6. The van der Waals surface area contributed by atoms with Crippen LogP contribution in [0.5, 0.6) is 17.2 Å². The molecular weight excluding hydrogens is 482 g/mol. The number of ether oxygens (including phenoxy) is 3. The third-order valence-electron chi connectivity index (χ3n) is 6.60. The van der Waals surface area contributed by atoms with E-state index in [4.69, 9.17) is 14.2 Å². The highest BCUT2D eigenvalue weighted by Gasteiger charge is 2.47. The fraction of sp³-hybridized carbons (Fsp3) is 0.161. The first-order chi connectivity index (χ1) is 18.5. The van der Waals surface area contributed by atoms with Gasteiger partial charge in [-0.05, 0) is 53.6 Å². The Morgan fingerprint density at radius 2 is 1.63 bits per heavy atom. The minimum absolute atomic E-state index is 0.0132. The Kier molecular flexibility index (Phi) is 6.75. The van der Waals surface area contributed by atoms with Gasteiger partial charge in [0.05, 0.1) is 32.4 Å². The monoisotopic (exact) mass is 509 g/mol. The van der Waals surface area contributed by atoms with E-state index in [1.54, 1.807) is 61.7 Å². The summed E-state index contributed by atoms with van der Waals surface area (Å²) >= 11 is 0. The molecule has 0 aliphatic carbocycles. The Bertz CT molecular complexity index is 1570. The van der Waals surface area contributed by atoms with E-state index in [0.717, 1.165) is 10.8 Å². The molecule has 1 atom stereocenters. The standard InChI is InChI=1S/C31H27NO6/c1-4-38-26-17-21(14-15-25(26)37-3)28-27(29(33)22-13-12-19-8-5-6-9-20(19)16-22)30(34)31(35)32(28)23-10-7-11-24(18-23)36-2/h5-18,28,33H,4H2,1-3H3/b29-27+. The number of Topliss-reactive ketones (excluding diaryl/α,β-unsaturated/α-hetero) is 1. The van der Waals surface area contributed by atoms with Crippen LogP contribution in [0.2, 0.25) is 0 Å². The maximum atomic E-state index is 13.5. The molecule has 1 unspecified atom stereocenters. The molecule has 192 valence electrons. The second-order valence-electron chi connectivity index (χ2n) is 8.78. The van der Waals surface area contributed by atoms with Crippen LogP contribution in [-0.2, 0) is 9.59 Å². The molecule has 0 aromatic heterocycles. The van der Waals surface area contributed by atoms with E-state index in [0.29, 0.717) is 40.7 Å². The summed E-state index contributed by atoms with van der Waals surface area (Å²) in [6.07, 6.45) is 0. The summed E-state index contributed by atoms with van der Waals surface area (Å²) in [5, 5.41) is 13.4. The number of carbonyl (C=O) groups excluding carboxylic acids is 2. The van der Waals surface area contributed by atoms with Crippen molar-refractivity contribution in [3.8, 4) is 17.2 Å². The van der Waals surface area contributed by atoms with Crippen molar-refractivity contribution in [1.29, 1.82) is 0 Å². The molecule has 5 rings (SSSR count). The number of ketones is 1. The lowest BCUT2D eigenvalue weighted by Gasteiger charge is -2.26. The number of hydrogen-bond donors (Lipinski definition) is 1. The van der Waals surface area contributed by atoms with Gasteiger partial charge in [-0.25, -0.2) is 0 Å². The highest BCUT2D eigenvalue weighted by Crippen LogP contribution is 2.44. The number of rotatable bonds is 7. The van der Waals surface area contributed by atoms with Crippen LogP contribution in [-0.4, -0.2) is 37.6 Å². The van der Waals surface area contributed by atoms with Crippen molar-refractivity contribution >= 4 is 33.9 Å². The normalized spacial score (nSPS) is 16.6. The van der Waals surface area contributed by atoms with Crippen LogP contribution in [0.15, 0.2) is 90.5 Å². The van der Waals surface area contributed by atoms with Crippen LogP contribution in [0.4, 0.5) is 5.69 Å². The number of nitrogens with zero attached hydrogens (tertiary/aromatic N) is 1. The summed E-state index contributed by atoms with van der Waals surface area (Å²) in [4.78, 5) is 28.4. The molecule has 1 N–H and O–H groups in total. The van der Waals surface area contributed by atoms with E-state index in [1.807, 2.05) is 37.3 Å². The average molecular weight is 510 g/mol. The highest BCUT2D eigenvalue weighted by atomic mass is 16.5. The maximum Gasteiger partial charge on any atom is 0.300 e. The lowest BCUT2D eigenvalue weighted by atomic mass is 9.94. The third-order valence-corrected chi connectivity index (χ3v) is 6.60. The summed E-state index contributed by atoms with van der Waals surface area (Å²) in [7, 11) is 3.07. The van der Waals surface area contributed by atoms with Crippen molar-refractivity contribution < 1.29 is 28.9 Å². The summed E-state index contributed by atoms with van der Waals surface area (Å²) in [5.74, 6) is -0.268. The molecule has 0 spiro atoms. The Morgan fingerprint density at radius 3 is 2.37 bits per heavy atom. The van der Waals surface area contributed by atoms with Gasteiger partial charge in [0.2, 0.25) is 0 Å². The van der Waals surface area contributed by atoms with E-state index >= 15 is 0 Å². The molecule has 1 amide bonds. The molecule has 1 aliphatic heterocycles. The van der Waals surface area contributed by atoms with Gasteiger partial charge in [0.25, 0.3) is 11.7 Å². The predicted molar refractivity (Wildman–Crippen MR) is 146 cm³/mol. The maximum absolute atomic E-state index is 13.5. The number of anilines is 1. The second kappa shape index (κ2) is 10.3. The lowest BCUT2D eigenvalue weighted by Crippen LogP contribution is -2.29. The minimum atomic E-state index is -0.918. The SMILES string of the molecule is CCOc1cc(C2/C(=C(\O)c3ccc4ccccc4c3)C(=O)C(=O)N2c2cccc(OC)c2)ccc1OC. The topological polar surface area (TPSA) is 85.3 Å². The fourth-order valence-corrected chi connectivity index (χ4v) is 4.80. The molecule has 7 heteroatoms. The largest absolute Gasteiger partial charge is 0.507 e. The van der Waals surface area contributed by atoms with E-state index < -0.39 is 17.7 Å². The number of carbonyl (C=O) groups is 2. The molecule has 1 aliphatic rings. The number of amides is 1. The first-order valence-corrected chi connectivity index (χ1v) is 12.2. The van der Waals surface area contributed by atoms with Crippen LogP contribution in [0.1, 0.15) is 24.1 Å². The average Bonchev–Trinajstić information content (AvgIpc) is 3.22. The van der Waals surface area contributed by atoms with Gasteiger partial charge in [-0.1, -0.05) is 48.5 Å². The van der Waals surface area contributed by atoms with Crippen molar-refractivity contribution in [1.82, 2.24) is 0 Å². The van der Waals surface area contributed by atoms with Crippen molar-refractivity contribution in [2.75, 3.05) is 25.7 Å². The quantitative estimate of drug-likeness (QED) is 0.190. The van der Waals surface area contributed by atoms with Gasteiger partial charge in [-0.15, -0.1) is 0 Å². The van der Waals surface area contributed by atoms with E-state index in [9.17, 15) is 14.7 Å². The Morgan fingerprint density at radius 1 is 0.842 bits per heavy atom. The van der Waals surface area contributed by atoms with Gasteiger partial charge >= 0.3 is 0 Å². The second-order valence-corrected chi connectivity index (χ2v) is 8.78. The van der Waals surface area contributed by atoms with Gasteiger partial charge < -0.3 is 19.3 Å². The number of methoxy groups -OCH3 is 2. The summed E-state index contributed by atoms with van der Waals surface area (Å²) < 4.78 is 16.6. The zero-order valence-corrected chi connectivity index (χ0v) is 21.3. The number of aliphatic hydroxyl groups is 1. The van der Waals surface area contributed by atoms with Gasteiger partial charge in [-0.3, -0.25) is 14.5 Å². The van der Waals surface area contributed by atoms with Crippen LogP contribution < -0.4 is 19.1 Å². The van der Waals surface area contributed by atoms with E-state index in [-0.39, 0.29) is 11.3 Å². The predicted octanol–water partition coefficient (Wildman–Crippen LogP) is 5.88. The van der Waals surface area contributed by atoms with Gasteiger partial charge in [0.1, 0.15) is 11.5 Å². The number of aliphatic hydroxyl groups excluding tert-OH is 1. The molecule has 0 saturated carbocycles. The third kappa shape index (κ3) is 4.32. The molecular formula is C31H27NO6. The van der Waals surface area contributed by atoms with Crippen molar-refractivity contribution in [2.45, 2.75) is 13.0 Å².